The number of aryl methyl sites for hydroxylation is 2. The fraction of sp³-hybridized carbons (Fsp3) is 0.333. The standard InChI is InChI=1S/C21H25NO6S/c1-13(2)19(21(24)27-5)22-20(23)16-8-10-17(11-9-16)28-29(25,26)18-12-14(3)6-7-15(18)4/h6-13,19H,1-5H3,(H,22,23). The second kappa shape index (κ2) is 9.09. The largest absolute Gasteiger partial charge is 0.467 e. The molecule has 0 spiro atoms. The van der Waals surface area contributed by atoms with E-state index < -0.39 is 28.0 Å². The molecule has 8 heteroatoms. The van der Waals surface area contributed by atoms with Gasteiger partial charge in [-0.2, -0.15) is 8.42 Å². The second-order valence-corrected chi connectivity index (χ2v) is 8.56. The molecule has 0 bridgehead atoms. The van der Waals surface area contributed by atoms with Crippen molar-refractivity contribution >= 4 is 22.0 Å². The Bertz CT molecular complexity index is 996. The molecule has 2 rings (SSSR count). The van der Waals surface area contributed by atoms with Gasteiger partial charge in [-0.3, -0.25) is 4.79 Å². The highest BCUT2D eigenvalue weighted by Gasteiger charge is 2.25. The highest BCUT2D eigenvalue weighted by Crippen LogP contribution is 2.23. The van der Waals surface area contributed by atoms with E-state index in [1.165, 1.54) is 31.4 Å². The Morgan fingerprint density at radius 1 is 1.00 bits per heavy atom. The Labute approximate surface area is 171 Å². The molecule has 1 amide bonds. The van der Waals surface area contributed by atoms with E-state index in [-0.39, 0.29) is 22.1 Å². The molecule has 1 N–H and O–H groups in total. The Kier molecular flexibility index (Phi) is 7.02. The number of ether oxygens (including phenoxy) is 1. The van der Waals surface area contributed by atoms with E-state index in [1.54, 1.807) is 39.8 Å². The van der Waals surface area contributed by atoms with Crippen LogP contribution >= 0.6 is 0 Å². The van der Waals surface area contributed by atoms with Crippen molar-refractivity contribution in [2.24, 2.45) is 5.92 Å². The van der Waals surface area contributed by atoms with Gasteiger partial charge in [0.15, 0.2) is 0 Å². The molecule has 1 unspecified atom stereocenters. The normalized spacial score (nSPS) is 12.3. The number of hydrogen-bond donors (Lipinski definition) is 1. The van der Waals surface area contributed by atoms with Gasteiger partial charge in [-0.25, -0.2) is 4.79 Å². The predicted octanol–water partition coefficient (Wildman–Crippen LogP) is 3.00. The SMILES string of the molecule is COC(=O)C(NC(=O)c1ccc(OS(=O)(=O)c2cc(C)ccc2C)cc1)C(C)C. The van der Waals surface area contributed by atoms with Crippen LogP contribution in [0, 0.1) is 19.8 Å². The molecule has 7 nitrogen and oxygen atoms in total. The van der Waals surface area contributed by atoms with E-state index in [2.05, 4.69) is 5.32 Å². The third-order valence-electron chi connectivity index (χ3n) is 4.34. The average molecular weight is 419 g/mol. The topological polar surface area (TPSA) is 98.8 Å². The Morgan fingerprint density at radius 3 is 2.17 bits per heavy atom. The molecule has 0 aliphatic heterocycles. The number of benzene rings is 2. The zero-order chi connectivity index (χ0) is 21.8. The summed E-state index contributed by atoms with van der Waals surface area (Å²) in [6.45, 7) is 7.06. The van der Waals surface area contributed by atoms with Crippen molar-refractivity contribution in [2.75, 3.05) is 7.11 Å². The van der Waals surface area contributed by atoms with Gasteiger partial charge >= 0.3 is 16.1 Å². The van der Waals surface area contributed by atoms with Gasteiger partial charge in [0.2, 0.25) is 0 Å². The van der Waals surface area contributed by atoms with Gasteiger partial charge in [0.1, 0.15) is 16.7 Å². The summed E-state index contributed by atoms with van der Waals surface area (Å²) in [6, 6.07) is 9.93. The predicted molar refractivity (Wildman–Crippen MR) is 108 cm³/mol. The lowest BCUT2D eigenvalue weighted by Gasteiger charge is -2.19. The van der Waals surface area contributed by atoms with Crippen LogP contribution in [0.3, 0.4) is 0 Å². The molecule has 0 saturated heterocycles. The Balaban J connectivity index is 2.16. The van der Waals surface area contributed by atoms with Crippen LogP contribution in [-0.2, 0) is 19.6 Å². The molecule has 0 radical (unpaired) electrons. The molecule has 29 heavy (non-hydrogen) atoms. The lowest BCUT2D eigenvalue weighted by atomic mass is 10.0. The number of esters is 1. The molecule has 0 heterocycles. The van der Waals surface area contributed by atoms with Crippen molar-refractivity contribution in [3.05, 3.63) is 59.2 Å². The van der Waals surface area contributed by atoms with Gasteiger partial charge in [0, 0.05) is 5.56 Å². The average Bonchev–Trinajstić information content (AvgIpc) is 2.67. The monoisotopic (exact) mass is 419 g/mol. The van der Waals surface area contributed by atoms with Gasteiger partial charge in [0.25, 0.3) is 5.91 Å². The smallest absolute Gasteiger partial charge is 0.339 e. The fourth-order valence-electron chi connectivity index (χ4n) is 2.66. The number of carbonyl (C=O) groups excluding carboxylic acids is 2. The van der Waals surface area contributed by atoms with Gasteiger partial charge in [0.05, 0.1) is 7.11 Å². The number of hydrogen-bond acceptors (Lipinski definition) is 6. The van der Waals surface area contributed by atoms with Gasteiger partial charge < -0.3 is 14.2 Å². The zero-order valence-electron chi connectivity index (χ0n) is 17.1. The quantitative estimate of drug-likeness (QED) is 0.547. The van der Waals surface area contributed by atoms with Crippen LogP contribution in [0.15, 0.2) is 47.4 Å². The van der Waals surface area contributed by atoms with Gasteiger partial charge in [-0.1, -0.05) is 26.0 Å². The zero-order valence-corrected chi connectivity index (χ0v) is 17.9. The summed E-state index contributed by atoms with van der Waals surface area (Å²) < 4.78 is 35.0. The lowest BCUT2D eigenvalue weighted by molar-refractivity contribution is -0.144. The van der Waals surface area contributed by atoms with Crippen LogP contribution in [0.5, 0.6) is 5.75 Å². The number of nitrogens with one attached hydrogen (secondary N) is 1. The fourth-order valence-corrected chi connectivity index (χ4v) is 3.91. The van der Waals surface area contributed by atoms with Crippen LogP contribution in [0.1, 0.15) is 35.3 Å². The summed E-state index contributed by atoms with van der Waals surface area (Å²) in [7, 11) is -2.75. The summed E-state index contributed by atoms with van der Waals surface area (Å²) in [5.74, 6) is -1.08. The first kappa shape index (κ1) is 22.4. The van der Waals surface area contributed by atoms with Crippen molar-refractivity contribution in [2.45, 2.75) is 38.6 Å². The molecule has 156 valence electrons. The third kappa shape index (κ3) is 5.57. The second-order valence-electron chi connectivity index (χ2n) is 7.05. The van der Waals surface area contributed by atoms with Crippen molar-refractivity contribution in [3.63, 3.8) is 0 Å². The maximum absolute atomic E-state index is 12.6. The molecule has 0 aromatic heterocycles. The minimum absolute atomic E-state index is 0.0795. The van der Waals surface area contributed by atoms with Crippen LogP contribution in [0.4, 0.5) is 0 Å². The van der Waals surface area contributed by atoms with Crippen LogP contribution in [0.2, 0.25) is 0 Å². The lowest BCUT2D eigenvalue weighted by Crippen LogP contribution is -2.45. The van der Waals surface area contributed by atoms with Crippen LogP contribution in [-0.4, -0.2) is 33.4 Å². The van der Waals surface area contributed by atoms with Crippen LogP contribution in [0.25, 0.3) is 0 Å². The van der Waals surface area contributed by atoms with Crippen molar-refractivity contribution in [3.8, 4) is 5.75 Å². The first-order valence-corrected chi connectivity index (χ1v) is 10.5. The number of methoxy groups -OCH3 is 1. The first-order chi connectivity index (χ1) is 13.5. The van der Waals surface area contributed by atoms with Crippen LogP contribution < -0.4 is 9.50 Å². The number of amides is 1. The first-order valence-electron chi connectivity index (χ1n) is 9.05. The summed E-state index contributed by atoms with van der Waals surface area (Å²) in [4.78, 5) is 24.3. The maximum atomic E-state index is 12.6. The Hall–Kier alpha value is -2.87. The van der Waals surface area contributed by atoms with Gasteiger partial charge in [-0.05, 0) is 61.2 Å². The maximum Gasteiger partial charge on any atom is 0.339 e. The highest BCUT2D eigenvalue weighted by molar-refractivity contribution is 7.87. The van der Waals surface area contributed by atoms with E-state index in [1.807, 2.05) is 6.07 Å². The minimum Gasteiger partial charge on any atom is -0.467 e. The molecular weight excluding hydrogens is 394 g/mol. The number of carbonyl (C=O) groups is 2. The molecule has 1 atom stereocenters. The number of rotatable bonds is 7. The highest BCUT2D eigenvalue weighted by atomic mass is 32.2. The molecule has 2 aromatic rings. The molecule has 2 aromatic carbocycles. The van der Waals surface area contributed by atoms with Gasteiger partial charge in [-0.15, -0.1) is 0 Å². The minimum atomic E-state index is -4.01. The molecule has 0 aliphatic carbocycles. The molecule has 0 saturated carbocycles. The molecule has 0 aliphatic rings. The van der Waals surface area contributed by atoms with E-state index in [9.17, 15) is 18.0 Å². The summed E-state index contributed by atoms with van der Waals surface area (Å²) in [5.41, 5.74) is 1.64. The summed E-state index contributed by atoms with van der Waals surface area (Å²) in [6.07, 6.45) is 0. The van der Waals surface area contributed by atoms with E-state index in [0.717, 1.165) is 5.56 Å². The van der Waals surface area contributed by atoms with Crippen molar-refractivity contribution in [1.82, 2.24) is 5.32 Å². The summed E-state index contributed by atoms with van der Waals surface area (Å²) in [5, 5.41) is 2.62. The van der Waals surface area contributed by atoms with E-state index in [4.69, 9.17) is 8.92 Å². The molecular formula is C21H25NO6S. The Morgan fingerprint density at radius 2 is 1.62 bits per heavy atom. The third-order valence-corrected chi connectivity index (χ3v) is 5.73. The summed E-state index contributed by atoms with van der Waals surface area (Å²) >= 11 is 0. The van der Waals surface area contributed by atoms with Crippen molar-refractivity contribution < 1.29 is 26.9 Å². The van der Waals surface area contributed by atoms with E-state index in [0.29, 0.717) is 5.56 Å². The van der Waals surface area contributed by atoms with Crippen molar-refractivity contribution in [1.29, 1.82) is 0 Å². The molecule has 0 fully saturated rings. The van der Waals surface area contributed by atoms with E-state index >= 15 is 0 Å².